The van der Waals surface area contributed by atoms with Crippen molar-refractivity contribution in [3.05, 3.63) is 119 Å². The standard InChI is InChI=1S/C28H24N4O4/c1-31-15-14-29-25(31)24(19-10-12-21(36-2)13-11-19)30-26(33)20-7-5-6-18(16-20)17-32-27(34)22-8-3-4-9-23(22)28(32)35/h3-16,24H,17H2,1-2H3,(H,30,33). The van der Waals surface area contributed by atoms with E-state index < -0.39 is 6.04 Å². The summed E-state index contributed by atoms with van der Waals surface area (Å²) in [5.41, 5.74) is 2.73. The normalized spacial score (nSPS) is 13.4. The van der Waals surface area contributed by atoms with Crippen LogP contribution in [0.15, 0.2) is 85.2 Å². The van der Waals surface area contributed by atoms with Crippen LogP contribution in [0, 0.1) is 0 Å². The Morgan fingerprint density at radius 1 is 0.972 bits per heavy atom. The minimum Gasteiger partial charge on any atom is -0.497 e. The van der Waals surface area contributed by atoms with Crippen molar-refractivity contribution in [3.63, 3.8) is 0 Å². The SMILES string of the molecule is COc1ccc(C(NC(=O)c2cccc(CN3C(=O)c4ccccc4C3=O)c2)c2nccn2C)cc1. The van der Waals surface area contributed by atoms with Crippen LogP contribution in [-0.4, -0.2) is 39.3 Å². The maximum atomic E-state index is 13.3. The molecule has 2 heterocycles. The maximum Gasteiger partial charge on any atom is 0.261 e. The molecule has 0 spiro atoms. The van der Waals surface area contributed by atoms with Crippen molar-refractivity contribution >= 4 is 17.7 Å². The highest BCUT2D eigenvalue weighted by molar-refractivity contribution is 6.21. The monoisotopic (exact) mass is 480 g/mol. The Morgan fingerprint density at radius 3 is 2.28 bits per heavy atom. The Morgan fingerprint density at radius 2 is 1.67 bits per heavy atom. The van der Waals surface area contributed by atoms with Crippen LogP contribution in [0.2, 0.25) is 0 Å². The van der Waals surface area contributed by atoms with Crippen molar-refractivity contribution in [1.82, 2.24) is 19.8 Å². The third-order valence-electron chi connectivity index (χ3n) is 6.25. The zero-order valence-electron chi connectivity index (χ0n) is 19.8. The van der Waals surface area contributed by atoms with Crippen molar-refractivity contribution in [2.75, 3.05) is 7.11 Å². The summed E-state index contributed by atoms with van der Waals surface area (Å²) >= 11 is 0. The average molecular weight is 481 g/mol. The van der Waals surface area contributed by atoms with Gasteiger partial charge >= 0.3 is 0 Å². The third-order valence-corrected chi connectivity index (χ3v) is 6.25. The molecule has 1 aromatic heterocycles. The summed E-state index contributed by atoms with van der Waals surface area (Å²) < 4.78 is 7.11. The summed E-state index contributed by atoms with van der Waals surface area (Å²) in [6.45, 7) is 0.0781. The lowest BCUT2D eigenvalue weighted by Gasteiger charge is -2.20. The summed E-state index contributed by atoms with van der Waals surface area (Å²) in [5, 5.41) is 3.07. The summed E-state index contributed by atoms with van der Waals surface area (Å²) in [5.74, 6) is 0.419. The second-order valence-corrected chi connectivity index (χ2v) is 8.52. The molecule has 5 rings (SSSR count). The first-order chi connectivity index (χ1) is 17.5. The minimum atomic E-state index is -0.497. The van der Waals surface area contributed by atoms with Gasteiger partial charge in [-0.1, -0.05) is 36.4 Å². The summed E-state index contributed by atoms with van der Waals surface area (Å²) in [6.07, 6.45) is 3.50. The van der Waals surface area contributed by atoms with Crippen molar-refractivity contribution in [3.8, 4) is 5.75 Å². The number of imide groups is 1. The minimum absolute atomic E-state index is 0.0781. The van der Waals surface area contributed by atoms with Gasteiger partial charge in [-0.05, 0) is 47.5 Å². The average Bonchev–Trinajstić information content (AvgIpc) is 3.44. The van der Waals surface area contributed by atoms with Crippen LogP contribution in [0.5, 0.6) is 5.75 Å². The molecule has 0 bridgehead atoms. The molecule has 0 saturated heterocycles. The first-order valence-corrected chi connectivity index (χ1v) is 11.4. The lowest BCUT2D eigenvalue weighted by molar-refractivity contribution is 0.0642. The van der Waals surface area contributed by atoms with Crippen LogP contribution < -0.4 is 10.1 Å². The Kier molecular flexibility index (Phi) is 6.08. The van der Waals surface area contributed by atoms with Gasteiger partial charge < -0.3 is 14.6 Å². The molecule has 0 saturated carbocycles. The number of aryl methyl sites for hydroxylation is 1. The summed E-state index contributed by atoms with van der Waals surface area (Å²) in [4.78, 5) is 44.5. The molecule has 1 aliphatic rings. The topological polar surface area (TPSA) is 93.5 Å². The molecular weight excluding hydrogens is 456 g/mol. The number of imidazole rings is 1. The van der Waals surface area contributed by atoms with Crippen LogP contribution in [-0.2, 0) is 13.6 Å². The quantitative estimate of drug-likeness (QED) is 0.407. The fraction of sp³-hybridized carbons (Fsp3) is 0.143. The predicted molar refractivity (Wildman–Crippen MR) is 133 cm³/mol. The molecule has 36 heavy (non-hydrogen) atoms. The smallest absolute Gasteiger partial charge is 0.261 e. The van der Waals surface area contributed by atoms with Gasteiger partial charge in [0.25, 0.3) is 17.7 Å². The Hall–Kier alpha value is -4.72. The fourth-order valence-electron chi connectivity index (χ4n) is 4.34. The van der Waals surface area contributed by atoms with Gasteiger partial charge in [0.15, 0.2) is 0 Å². The fourth-order valence-corrected chi connectivity index (χ4v) is 4.34. The molecule has 8 nitrogen and oxygen atoms in total. The molecule has 1 atom stereocenters. The number of methoxy groups -OCH3 is 1. The van der Waals surface area contributed by atoms with E-state index in [1.807, 2.05) is 42.1 Å². The molecule has 8 heteroatoms. The molecule has 1 aliphatic heterocycles. The number of rotatable bonds is 7. The van der Waals surface area contributed by atoms with Crippen molar-refractivity contribution in [1.29, 1.82) is 0 Å². The van der Waals surface area contributed by atoms with E-state index in [1.165, 1.54) is 4.90 Å². The highest BCUT2D eigenvalue weighted by Gasteiger charge is 2.35. The highest BCUT2D eigenvalue weighted by atomic mass is 16.5. The number of hydrogen-bond acceptors (Lipinski definition) is 5. The second-order valence-electron chi connectivity index (χ2n) is 8.52. The predicted octanol–water partition coefficient (Wildman–Crippen LogP) is 3.74. The van der Waals surface area contributed by atoms with E-state index in [4.69, 9.17) is 4.74 Å². The van der Waals surface area contributed by atoms with E-state index in [0.717, 1.165) is 5.56 Å². The van der Waals surface area contributed by atoms with Crippen molar-refractivity contribution in [2.45, 2.75) is 12.6 Å². The molecule has 1 unspecified atom stereocenters. The summed E-state index contributed by atoms with van der Waals surface area (Å²) in [7, 11) is 3.47. The van der Waals surface area contributed by atoms with E-state index in [1.54, 1.807) is 61.8 Å². The zero-order chi connectivity index (χ0) is 25.2. The molecule has 4 aromatic rings. The number of fused-ring (bicyclic) bond motifs is 1. The van der Waals surface area contributed by atoms with Crippen LogP contribution in [0.1, 0.15) is 54.1 Å². The van der Waals surface area contributed by atoms with Crippen molar-refractivity contribution in [2.24, 2.45) is 7.05 Å². The molecule has 0 fully saturated rings. The second kappa shape index (κ2) is 9.50. The van der Waals surface area contributed by atoms with Gasteiger partial charge in [0.1, 0.15) is 17.6 Å². The zero-order valence-corrected chi connectivity index (χ0v) is 19.8. The number of nitrogens with zero attached hydrogens (tertiary/aromatic N) is 3. The van der Waals surface area contributed by atoms with E-state index in [2.05, 4.69) is 10.3 Å². The van der Waals surface area contributed by atoms with E-state index >= 15 is 0 Å². The maximum absolute atomic E-state index is 13.3. The number of nitrogens with one attached hydrogen (secondary N) is 1. The number of benzene rings is 3. The first kappa shape index (κ1) is 23.0. The van der Waals surface area contributed by atoms with Crippen molar-refractivity contribution < 1.29 is 19.1 Å². The van der Waals surface area contributed by atoms with Gasteiger partial charge in [0.2, 0.25) is 0 Å². The lowest BCUT2D eigenvalue weighted by atomic mass is 10.0. The van der Waals surface area contributed by atoms with Gasteiger partial charge in [-0.2, -0.15) is 0 Å². The first-order valence-electron chi connectivity index (χ1n) is 11.4. The number of hydrogen-bond donors (Lipinski definition) is 1. The Balaban J connectivity index is 1.38. The van der Waals surface area contributed by atoms with Crippen LogP contribution in [0.3, 0.4) is 0 Å². The van der Waals surface area contributed by atoms with Crippen LogP contribution in [0.4, 0.5) is 0 Å². The number of carbonyl (C=O) groups excluding carboxylic acids is 3. The van der Waals surface area contributed by atoms with Gasteiger partial charge in [0.05, 0.1) is 24.8 Å². The molecule has 3 aromatic carbocycles. The third kappa shape index (κ3) is 4.24. The molecule has 3 amide bonds. The number of ether oxygens (including phenoxy) is 1. The van der Waals surface area contributed by atoms with Crippen LogP contribution in [0.25, 0.3) is 0 Å². The molecule has 0 aliphatic carbocycles. The van der Waals surface area contributed by atoms with E-state index in [0.29, 0.717) is 33.8 Å². The number of carbonyl (C=O) groups is 3. The molecular formula is C28H24N4O4. The lowest BCUT2D eigenvalue weighted by Crippen LogP contribution is -2.31. The van der Waals surface area contributed by atoms with E-state index in [9.17, 15) is 14.4 Å². The molecule has 180 valence electrons. The van der Waals surface area contributed by atoms with E-state index in [-0.39, 0.29) is 24.3 Å². The van der Waals surface area contributed by atoms with Gasteiger partial charge in [-0.25, -0.2) is 4.98 Å². The Labute approximate surface area is 208 Å². The Bertz CT molecular complexity index is 1420. The number of amides is 3. The van der Waals surface area contributed by atoms with Gasteiger partial charge in [0, 0.05) is 25.0 Å². The number of aromatic nitrogens is 2. The van der Waals surface area contributed by atoms with Gasteiger partial charge in [-0.3, -0.25) is 19.3 Å². The largest absolute Gasteiger partial charge is 0.497 e. The molecule has 0 radical (unpaired) electrons. The van der Waals surface area contributed by atoms with Crippen LogP contribution >= 0.6 is 0 Å². The summed E-state index contributed by atoms with van der Waals surface area (Å²) in [6, 6.07) is 20.6. The highest BCUT2D eigenvalue weighted by Crippen LogP contribution is 2.26. The molecule has 1 N–H and O–H groups in total. The van der Waals surface area contributed by atoms with Gasteiger partial charge in [-0.15, -0.1) is 0 Å².